The highest BCUT2D eigenvalue weighted by Crippen LogP contribution is 2.45. The van der Waals surface area contributed by atoms with Crippen LogP contribution in [-0.2, 0) is 19.3 Å². The second kappa shape index (κ2) is 6.93. The van der Waals surface area contributed by atoms with Crippen molar-refractivity contribution < 1.29 is 9.90 Å². The number of likely N-dealkylation sites (N-methyl/N-ethyl adjacent to an activating group) is 1. The Morgan fingerprint density at radius 2 is 2.00 bits per heavy atom. The number of nitrogens with zero attached hydrogens (tertiary/aromatic N) is 1. The lowest BCUT2D eigenvalue weighted by atomic mass is 9.76. The molecule has 1 aromatic carbocycles. The van der Waals surface area contributed by atoms with E-state index in [2.05, 4.69) is 45.0 Å². The number of aryl methyl sites for hydroxylation is 1. The Balaban J connectivity index is 2.10. The number of carboxylic acids is 1. The van der Waals surface area contributed by atoms with E-state index in [4.69, 9.17) is 0 Å². The Hall–Kier alpha value is -1.65. The molecule has 0 atom stereocenters. The average molecular weight is 358 g/mol. The second-order valence-electron chi connectivity index (χ2n) is 8.06. The predicted octanol–water partition coefficient (Wildman–Crippen LogP) is 4.73. The molecule has 1 heterocycles. The van der Waals surface area contributed by atoms with Crippen molar-refractivity contribution in [3.63, 3.8) is 0 Å². The third kappa shape index (κ3) is 3.80. The molecule has 0 unspecified atom stereocenters. The van der Waals surface area contributed by atoms with Crippen molar-refractivity contribution in [1.82, 2.24) is 4.90 Å². The highest BCUT2D eigenvalue weighted by molar-refractivity contribution is 7.16. The fourth-order valence-corrected chi connectivity index (χ4v) is 5.01. The Bertz CT molecular complexity index is 789. The van der Waals surface area contributed by atoms with E-state index in [9.17, 15) is 9.90 Å². The second-order valence-corrected chi connectivity index (χ2v) is 9.17. The lowest BCUT2D eigenvalue weighted by Gasteiger charge is -2.29. The summed E-state index contributed by atoms with van der Waals surface area (Å²) in [6.45, 7) is 5.44. The molecule has 25 heavy (non-hydrogen) atoms. The Labute approximate surface area is 154 Å². The topological polar surface area (TPSA) is 40.5 Å². The Morgan fingerprint density at radius 1 is 1.28 bits per heavy atom. The molecule has 2 aromatic rings. The van der Waals surface area contributed by atoms with Gasteiger partial charge in [-0.25, -0.2) is 4.79 Å². The van der Waals surface area contributed by atoms with Gasteiger partial charge in [-0.1, -0.05) is 38.1 Å². The molecule has 0 fully saturated rings. The number of benzene rings is 1. The van der Waals surface area contributed by atoms with Gasteiger partial charge in [0.05, 0.1) is 5.56 Å². The van der Waals surface area contributed by atoms with Gasteiger partial charge in [0.1, 0.15) is 0 Å². The summed E-state index contributed by atoms with van der Waals surface area (Å²) < 4.78 is 0. The Morgan fingerprint density at radius 3 is 2.68 bits per heavy atom. The molecule has 1 aromatic heterocycles. The van der Waals surface area contributed by atoms with Crippen LogP contribution in [0.25, 0.3) is 10.4 Å². The molecular formula is C21H27NO2S. The molecular weight excluding hydrogens is 330 g/mol. The number of aromatic carboxylic acids is 1. The molecule has 3 rings (SSSR count). The molecule has 0 saturated carbocycles. The first-order chi connectivity index (χ1) is 11.8. The normalized spacial score (nSPS) is 16.0. The fourth-order valence-electron chi connectivity index (χ4n) is 3.64. The maximum Gasteiger partial charge on any atom is 0.337 e. The first-order valence-corrected chi connectivity index (χ1v) is 9.71. The fraction of sp³-hybridized carbons (Fsp3) is 0.476. The molecule has 0 radical (unpaired) electrons. The molecule has 1 aliphatic rings. The summed E-state index contributed by atoms with van der Waals surface area (Å²) in [5, 5.41) is 9.95. The first kappa shape index (κ1) is 18.2. The Kier molecular flexibility index (Phi) is 5.03. The summed E-state index contributed by atoms with van der Waals surface area (Å²) >= 11 is 1.70. The quantitative estimate of drug-likeness (QED) is 0.841. The lowest BCUT2D eigenvalue weighted by Crippen LogP contribution is -2.22. The highest BCUT2D eigenvalue weighted by Gasteiger charge is 2.33. The van der Waals surface area contributed by atoms with E-state index in [1.165, 1.54) is 10.4 Å². The SMILES string of the molecule is CN(C)CCc1ccccc1-c1sc2c(c1C(=O)O)CC(C)(C)CC2. The van der Waals surface area contributed by atoms with Gasteiger partial charge in [-0.05, 0) is 61.9 Å². The van der Waals surface area contributed by atoms with Gasteiger partial charge in [0, 0.05) is 16.3 Å². The molecule has 134 valence electrons. The molecule has 1 N–H and O–H groups in total. The number of fused-ring (bicyclic) bond motifs is 1. The molecule has 0 bridgehead atoms. The summed E-state index contributed by atoms with van der Waals surface area (Å²) in [6, 6.07) is 8.28. The monoisotopic (exact) mass is 357 g/mol. The summed E-state index contributed by atoms with van der Waals surface area (Å²) in [6.07, 6.45) is 3.91. The van der Waals surface area contributed by atoms with Crippen molar-refractivity contribution in [2.45, 2.75) is 39.5 Å². The number of thiophene rings is 1. The van der Waals surface area contributed by atoms with Crippen LogP contribution in [-0.4, -0.2) is 36.6 Å². The van der Waals surface area contributed by atoms with Crippen LogP contribution in [0.3, 0.4) is 0 Å². The van der Waals surface area contributed by atoms with Gasteiger partial charge in [-0.15, -0.1) is 11.3 Å². The standard InChI is InChI=1S/C21H27NO2S/c1-21(2)11-9-17-16(13-21)18(20(23)24)19(25-17)15-8-6-5-7-14(15)10-12-22(3)4/h5-8H,9-13H2,1-4H3,(H,23,24). The minimum Gasteiger partial charge on any atom is -0.478 e. The van der Waals surface area contributed by atoms with Crippen LogP contribution in [0.15, 0.2) is 24.3 Å². The largest absolute Gasteiger partial charge is 0.478 e. The van der Waals surface area contributed by atoms with Gasteiger partial charge in [-0.2, -0.15) is 0 Å². The average Bonchev–Trinajstić information content (AvgIpc) is 2.90. The van der Waals surface area contributed by atoms with Crippen LogP contribution in [0, 0.1) is 5.41 Å². The van der Waals surface area contributed by atoms with Crippen molar-refractivity contribution in [2.75, 3.05) is 20.6 Å². The molecule has 3 nitrogen and oxygen atoms in total. The molecule has 0 amide bonds. The van der Waals surface area contributed by atoms with E-state index in [0.717, 1.165) is 48.2 Å². The van der Waals surface area contributed by atoms with Gasteiger partial charge < -0.3 is 10.0 Å². The minimum absolute atomic E-state index is 0.181. The number of hydrogen-bond acceptors (Lipinski definition) is 3. The first-order valence-electron chi connectivity index (χ1n) is 8.89. The molecule has 0 spiro atoms. The number of hydrogen-bond donors (Lipinski definition) is 1. The van der Waals surface area contributed by atoms with Gasteiger partial charge in [0.25, 0.3) is 0 Å². The van der Waals surface area contributed by atoms with E-state index in [0.29, 0.717) is 5.56 Å². The van der Waals surface area contributed by atoms with Crippen LogP contribution in [0.2, 0.25) is 0 Å². The zero-order valence-corrected chi connectivity index (χ0v) is 16.4. The zero-order chi connectivity index (χ0) is 18.2. The molecule has 0 aliphatic heterocycles. The molecule has 4 heteroatoms. The van der Waals surface area contributed by atoms with Crippen LogP contribution in [0.1, 0.15) is 46.6 Å². The van der Waals surface area contributed by atoms with E-state index < -0.39 is 5.97 Å². The third-order valence-electron chi connectivity index (χ3n) is 5.08. The van der Waals surface area contributed by atoms with E-state index >= 15 is 0 Å². The van der Waals surface area contributed by atoms with E-state index in [1.807, 2.05) is 12.1 Å². The maximum absolute atomic E-state index is 12.1. The zero-order valence-electron chi connectivity index (χ0n) is 15.6. The predicted molar refractivity (Wildman–Crippen MR) is 105 cm³/mol. The van der Waals surface area contributed by atoms with E-state index in [1.54, 1.807) is 11.3 Å². The van der Waals surface area contributed by atoms with Crippen LogP contribution >= 0.6 is 11.3 Å². The summed E-state index contributed by atoms with van der Waals surface area (Å²) in [5.74, 6) is -0.785. The van der Waals surface area contributed by atoms with Crippen molar-refractivity contribution in [3.8, 4) is 10.4 Å². The summed E-state index contributed by atoms with van der Waals surface area (Å²) in [4.78, 5) is 16.5. The highest BCUT2D eigenvalue weighted by atomic mass is 32.1. The van der Waals surface area contributed by atoms with Gasteiger partial charge in [-0.3, -0.25) is 0 Å². The minimum atomic E-state index is -0.785. The number of rotatable bonds is 5. The van der Waals surface area contributed by atoms with Crippen molar-refractivity contribution >= 4 is 17.3 Å². The van der Waals surface area contributed by atoms with Crippen LogP contribution in [0.5, 0.6) is 0 Å². The van der Waals surface area contributed by atoms with Crippen molar-refractivity contribution in [1.29, 1.82) is 0 Å². The van der Waals surface area contributed by atoms with E-state index in [-0.39, 0.29) is 5.41 Å². The number of carboxylic acid groups (broad SMARTS) is 1. The summed E-state index contributed by atoms with van der Waals surface area (Å²) in [7, 11) is 4.13. The lowest BCUT2D eigenvalue weighted by molar-refractivity contribution is 0.0696. The maximum atomic E-state index is 12.1. The molecule has 0 saturated heterocycles. The van der Waals surface area contributed by atoms with Gasteiger partial charge in [0.15, 0.2) is 0 Å². The van der Waals surface area contributed by atoms with Crippen LogP contribution in [0.4, 0.5) is 0 Å². The van der Waals surface area contributed by atoms with Crippen molar-refractivity contribution in [3.05, 3.63) is 45.8 Å². The summed E-state index contributed by atoms with van der Waals surface area (Å²) in [5.41, 5.74) is 4.13. The smallest absolute Gasteiger partial charge is 0.337 e. The van der Waals surface area contributed by atoms with Crippen molar-refractivity contribution in [2.24, 2.45) is 5.41 Å². The van der Waals surface area contributed by atoms with Gasteiger partial charge >= 0.3 is 5.97 Å². The number of carbonyl (C=O) groups is 1. The van der Waals surface area contributed by atoms with Gasteiger partial charge in [0.2, 0.25) is 0 Å². The van der Waals surface area contributed by atoms with Crippen LogP contribution < -0.4 is 0 Å². The third-order valence-corrected chi connectivity index (χ3v) is 6.40. The molecule has 1 aliphatic carbocycles.